The molecule has 0 amide bonds. The van der Waals surface area contributed by atoms with E-state index in [1.165, 1.54) is 0 Å². The number of hydrogen-bond donors (Lipinski definition) is 1. The lowest BCUT2D eigenvalue weighted by molar-refractivity contribution is 0.391. The predicted octanol–water partition coefficient (Wildman–Crippen LogP) is 3.54. The summed E-state index contributed by atoms with van der Waals surface area (Å²) in [6, 6.07) is 10.4. The van der Waals surface area contributed by atoms with E-state index in [4.69, 9.17) is 4.42 Å². The summed E-state index contributed by atoms with van der Waals surface area (Å²) in [6.07, 6.45) is 4.83. The molecule has 2 heterocycles. The van der Waals surface area contributed by atoms with Gasteiger partial charge >= 0.3 is 0 Å². The quantitative estimate of drug-likeness (QED) is 0.752. The molecule has 1 unspecified atom stereocenters. The summed E-state index contributed by atoms with van der Waals surface area (Å²) in [5.41, 5.74) is 0.941. The van der Waals surface area contributed by atoms with E-state index in [-0.39, 0.29) is 6.04 Å². The van der Waals surface area contributed by atoms with E-state index in [0.29, 0.717) is 0 Å². The first-order valence-corrected chi connectivity index (χ1v) is 7.53. The Morgan fingerprint density at radius 3 is 2.90 bits per heavy atom. The molecule has 110 valence electrons. The monoisotopic (exact) mass is 283 g/mol. The van der Waals surface area contributed by atoms with Crippen LogP contribution in [0.1, 0.15) is 31.5 Å². The van der Waals surface area contributed by atoms with Gasteiger partial charge in [0.25, 0.3) is 0 Å². The molecule has 4 heteroatoms. The first-order valence-electron chi connectivity index (χ1n) is 7.53. The number of aryl methyl sites for hydroxylation is 1. The Bertz CT molecular complexity index is 680. The van der Waals surface area contributed by atoms with Gasteiger partial charge < -0.3 is 14.3 Å². The maximum absolute atomic E-state index is 6.01. The van der Waals surface area contributed by atoms with Crippen LogP contribution in [0.2, 0.25) is 0 Å². The topological polar surface area (TPSA) is 43.0 Å². The third kappa shape index (κ3) is 2.85. The van der Waals surface area contributed by atoms with Crippen molar-refractivity contribution in [1.82, 2.24) is 14.9 Å². The fraction of sp³-hybridized carbons (Fsp3) is 0.353. The summed E-state index contributed by atoms with van der Waals surface area (Å²) in [4.78, 5) is 4.39. The lowest BCUT2D eigenvalue weighted by Crippen LogP contribution is -2.25. The molecule has 0 aliphatic heterocycles. The van der Waals surface area contributed by atoms with Crippen molar-refractivity contribution in [3.8, 4) is 0 Å². The maximum atomic E-state index is 6.01. The Morgan fingerprint density at radius 2 is 2.14 bits per heavy atom. The smallest absolute Gasteiger partial charge is 0.134 e. The Kier molecular flexibility index (Phi) is 4.06. The van der Waals surface area contributed by atoms with Crippen LogP contribution in [-0.4, -0.2) is 16.1 Å². The van der Waals surface area contributed by atoms with E-state index in [9.17, 15) is 0 Å². The highest BCUT2D eigenvalue weighted by molar-refractivity contribution is 5.77. The highest BCUT2D eigenvalue weighted by Gasteiger charge is 2.17. The van der Waals surface area contributed by atoms with Crippen molar-refractivity contribution in [3.05, 3.63) is 54.3 Å². The fourth-order valence-electron chi connectivity index (χ4n) is 2.69. The fourth-order valence-corrected chi connectivity index (χ4v) is 2.69. The van der Waals surface area contributed by atoms with Crippen molar-refractivity contribution >= 4 is 11.0 Å². The first kappa shape index (κ1) is 13.9. The minimum absolute atomic E-state index is 0.155. The molecule has 0 bridgehead atoms. The Labute approximate surface area is 124 Å². The molecule has 0 fully saturated rings. The van der Waals surface area contributed by atoms with Gasteiger partial charge in [0.2, 0.25) is 0 Å². The van der Waals surface area contributed by atoms with E-state index < -0.39 is 0 Å². The molecule has 3 aromatic rings. The van der Waals surface area contributed by atoms with Gasteiger partial charge in [0.15, 0.2) is 0 Å². The summed E-state index contributed by atoms with van der Waals surface area (Å²) < 4.78 is 8.20. The second kappa shape index (κ2) is 6.14. The molecule has 1 N–H and O–H groups in total. The van der Waals surface area contributed by atoms with Gasteiger partial charge in [-0.05, 0) is 18.7 Å². The van der Waals surface area contributed by atoms with Gasteiger partial charge in [-0.1, -0.05) is 32.0 Å². The molecular formula is C17H21N3O. The highest BCUT2D eigenvalue weighted by Crippen LogP contribution is 2.25. The summed E-state index contributed by atoms with van der Waals surface area (Å²) in [6.45, 7) is 5.97. The van der Waals surface area contributed by atoms with Crippen molar-refractivity contribution in [2.24, 2.45) is 0 Å². The average Bonchev–Trinajstić information content (AvgIpc) is 3.12. The van der Waals surface area contributed by atoms with Crippen molar-refractivity contribution in [2.45, 2.75) is 32.9 Å². The van der Waals surface area contributed by atoms with Crippen LogP contribution in [0.25, 0.3) is 11.0 Å². The number of imidazole rings is 1. The Hall–Kier alpha value is -2.07. The Balaban J connectivity index is 1.90. The number of rotatable bonds is 6. The highest BCUT2D eigenvalue weighted by atomic mass is 16.3. The summed E-state index contributed by atoms with van der Waals surface area (Å²) in [5.74, 6) is 2.09. The number of furan rings is 1. The lowest BCUT2D eigenvalue weighted by Gasteiger charge is -2.17. The van der Waals surface area contributed by atoms with Crippen LogP contribution >= 0.6 is 0 Å². The van der Waals surface area contributed by atoms with Crippen LogP contribution < -0.4 is 5.32 Å². The second-order valence-electron chi connectivity index (χ2n) is 5.15. The average molecular weight is 283 g/mol. The number of hydrogen-bond acceptors (Lipinski definition) is 3. The Morgan fingerprint density at radius 1 is 1.29 bits per heavy atom. The van der Waals surface area contributed by atoms with Gasteiger partial charge in [-0.2, -0.15) is 0 Å². The van der Waals surface area contributed by atoms with E-state index in [0.717, 1.165) is 42.1 Å². The number of likely N-dealkylation sites (N-methyl/N-ethyl adjacent to an activating group) is 1. The third-order valence-electron chi connectivity index (χ3n) is 3.74. The maximum Gasteiger partial charge on any atom is 0.134 e. The van der Waals surface area contributed by atoms with Gasteiger partial charge in [-0.25, -0.2) is 4.98 Å². The van der Waals surface area contributed by atoms with Crippen LogP contribution in [0.4, 0.5) is 0 Å². The van der Waals surface area contributed by atoms with Crippen LogP contribution in [0, 0.1) is 0 Å². The van der Waals surface area contributed by atoms with Crippen molar-refractivity contribution < 1.29 is 4.42 Å². The summed E-state index contributed by atoms with van der Waals surface area (Å²) in [7, 11) is 0. The predicted molar refractivity (Wildman–Crippen MR) is 84.2 cm³/mol. The second-order valence-corrected chi connectivity index (χ2v) is 5.15. The molecule has 2 aromatic heterocycles. The molecule has 4 nitrogen and oxygen atoms in total. The lowest BCUT2D eigenvalue weighted by atomic mass is 10.2. The van der Waals surface area contributed by atoms with Gasteiger partial charge in [-0.3, -0.25) is 0 Å². The van der Waals surface area contributed by atoms with Gasteiger partial charge in [0.05, 0.1) is 6.04 Å². The largest absolute Gasteiger partial charge is 0.459 e. The zero-order valence-electron chi connectivity index (χ0n) is 12.5. The normalized spacial score (nSPS) is 12.9. The molecule has 1 aromatic carbocycles. The molecule has 0 spiro atoms. The molecule has 0 radical (unpaired) electrons. The molecule has 0 aliphatic rings. The standard InChI is InChI=1S/C17H21N3O/c1-3-17-19-9-10-20(17)12-14(18-4-2)16-11-13-7-5-6-8-15(13)21-16/h5-11,14,18H,3-4,12H2,1-2H3. The van der Waals surface area contributed by atoms with Crippen molar-refractivity contribution in [1.29, 1.82) is 0 Å². The molecule has 1 atom stereocenters. The number of para-hydroxylation sites is 1. The molecule has 3 rings (SSSR count). The van der Waals surface area contributed by atoms with Gasteiger partial charge in [0, 0.05) is 30.7 Å². The van der Waals surface area contributed by atoms with E-state index in [1.54, 1.807) is 0 Å². The van der Waals surface area contributed by atoms with Crippen LogP contribution in [-0.2, 0) is 13.0 Å². The molecule has 0 saturated heterocycles. The number of benzene rings is 1. The van der Waals surface area contributed by atoms with E-state index in [2.05, 4.69) is 40.8 Å². The number of nitrogens with one attached hydrogen (secondary N) is 1. The number of aromatic nitrogens is 2. The van der Waals surface area contributed by atoms with Gasteiger partial charge in [0.1, 0.15) is 17.2 Å². The molecule has 21 heavy (non-hydrogen) atoms. The summed E-state index contributed by atoms with van der Waals surface area (Å²) >= 11 is 0. The van der Waals surface area contributed by atoms with Crippen LogP contribution in [0.15, 0.2) is 47.1 Å². The van der Waals surface area contributed by atoms with Crippen molar-refractivity contribution in [2.75, 3.05) is 6.54 Å². The molecule has 0 saturated carbocycles. The SMILES string of the molecule is CCNC(Cn1ccnc1CC)c1cc2ccccc2o1. The number of fused-ring (bicyclic) bond motifs is 1. The van der Waals surface area contributed by atoms with Gasteiger partial charge in [-0.15, -0.1) is 0 Å². The molecular weight excluding hydrogens is 262 g/mol. The van der Waals surface area contributed by atoms with Crippen molar-refractivity contribution in [3.63, 3.8) is 0 Å². The third-order valence-corrected chi connectivity index (χ3v) is 3.74. The van der Waals surface area contributed by atoms with E-state index in [1.807, 2.05) is 30.6 Å². The minimum atomic E-state index is 0.155. The number of nitrogens with zero attached hydrogens (tertiary/aromatic N) is 2. The minimum Gasteiger partial charge on any atom is -0.459 e. The van der Waals surface area contributed by atoms with Crippen LogP contribution in [0.3, 0.4) is 0 Å². The molecule has 0 aliphatic carbocycles. The van der Waals surface area contributed by atoms with Crippen LogP contribution in [0.5, 0.6) is 0 Å². The summed E-state index contributed by atoms with van der Waals surface area (Å²) in [5, 5.41) is 4.66. The zero-order valence-corrected chi connectivity index (χ0v) is 12.5. The zero-order chi connectivity index (χ0) is 14.7. The first-order chi connectivity index (χ1) is 10.3. The van der Waals surface area contributed by atoms with E-state index >= 15 is 0 Å².